The maximum atomic E-state index is 12.6. The molecule has 0 fully saturated rings. The molecular weight excluding hydrogens is 233 g/mol. The van der Waals surface area contributed by atoms with Gasteiger partial charge in [-0.1, -0.05) is 12.2 Å². The Kier molecular flexibility index (Phi) is 3.77. The second-order valence-corrected chi connectivity index (χ2v) is 3.42. The van der Waals surface area contributed by atoms with E-state index in [0.29, 0.717) is 0 Å². The van der Waals surface area contributed by atoms with Gasteiger partial charge < -0.3 is 11.5 Å². The maximum Gasteiger partial charge on any atom is 0.416 e. The predicted molar refractivity (Wildman–Crippen MR) is 58.7 cm³/mol. The average molecular weight is 244 g/mol. The summed E-state index contributed by atoms with van der Waals surface area (Å²) in [4.78, 5) is 10.5. The largest absolute Gasteiger partial charge is 0.416 e. The van der Waals surface area contributed by atoms with Crippen LogP contribution in [0.4, 0.5) is 18.9 Å². The van der Waals surface area contributed by atoms with Crippen molar-refractivity contribution in [3.8, 4) is 0 Å². The fourth-order valence-electron chi connectivity index (χ4n) is 1.28. The SMILES string of the molecule is NC(=O)CC=Cc1cc(N)ccc1C(F)(F)F. The zero-order chi connectivity index (χ0) is 13.1. The number of rotatable bonds is 3. The smallest absolute Gasteiger partial charge is 0.399 e. The van der Waals surface area contributed by atoms with E-state index in [1.54, 1.807) is 0 Å². The van der Waals surface area contributed by atoms with E-state index in [1.807, 2.05) is 0 Å². The van der Waals surface area contributed by atoms with Crippen LogP contribution in [-0.2, 0) is 11.0 Å². The van der Waals surface area contributed by atoms with E-state index >= 15 is 0 Å². The molecule has 0 heterocycles. The first-order valence-corrected chi connectivity index (χ1v) is 4.72. The summed E-state index contributed by atoms with van der Waals surface area (Å²) in [6.45, 7) is 0. The molecule has 0 radical (unpaired) electrons. The van der Waals surface area contributed by atoms with E-state index in [9.17, 15) is 18.0 Å². The molecule has 0 aliphatic rings. The first kappa shape index (κ1) is 13.1. The Hall–Kier alpha value is -1.98. The number of benzene rings is 1. The monoisotopic (exact) mass is 244 g/mol. The van der Waals surface area contributed by atoms with Gasteiger partial charge in [-0.2, -0.15) is 13.2 Å². The molecule has 0 saturated heterocycles. The minimum absolute atomic E-state index is 0.0845. The number of primary amides is 1. The minimum atomic E-state index is -4.46. The number of hydrogen-bond donors (Lipinski definition) is 2. The number of carbonyl (C=O) groups excluding carboxylic acids is 1. The van der Waals surface area contributed by atoms with E-state index in [0.717, 1.165) is 6.07 Å². The van der Waals surface area contributed by atoms with Gasteiger partial charge in [0.05, 0.1) is 5.56 Å². The fourth-order valence-corrected chi connectivity index (χ4v) is 1.28. The lowest BCUT2D eigenvalue weighted by Gasteiger charge is -2.10. The summed E-state index contributed by atoms with van der Waals surface area (Å²) in [7, 11) is 0. The van der Waals surface area contributed by atoms with Crippen LogP contribution in [0.5, 0.6) is 0 Å². The second-order valence-electron chi connectivity index (χ2n) is 3.42. The summed E-state index contributed by atoms with van der Waals surface area (Å²) in [6, 6.07) is 3.27. The van der Waals surface area contributed by atoms with Crippen LogP contribution in [0.1, 0.15) is 17.5 Å². The Balaban J connectivity index is 3.08. The Labute approximate surface area is 95.9 Å². The molecule has 6 heteroatoms. The van der Waals surface area contributed by atoms with Gasteiger partial charge in [0.2, 0.25) is 5.91 Å². The van der Waals surface area contributed by atoms with Crippen molar-refractivity contribution in [3.05, 3.63) is 35.4 Å². The highest BCUT2D eigenvalue weighted by atomic mass is 19.4. The third-order valence-electron chi connectivity index (χ3n) is 2.00. The van der Waals surface area contributed by atoms with Crippen LogP contribution in [0.3, 0.4) is 0 Å². The van der Waals surface area contributed by atoms with E-state index < -0.39 is 17.6 Å². The van der Waals surface area contributed by atoms with Crippen LogP contribution in [0.2, 0.25) is 0 Å². The Morgan fingerprint density at radius 1 is 1.35 bits per heavy atom. The van der Waals surface area contributed by atoms with Crippen molar-refractivity contribution in [1.29, 1.82) is 0 Å². The van der Waals surface area contributed by atoms with Crippen LogP contribution >= 0.6 is 0 Å². The van der Waals surface area contributed by atoms with Crippen molar-refractivity contribution in [1.82, 2.24) is 0 Å². The molecule has 0 spiro atoms. The Morgan fingerprint density at radius 2 is 2.00 bits per heavy atom. The van der Waals surface area contributed by atoms with Crippen molar-refractivity contribution >= 4 is 17.7 Å². The molecule has 0 aliphatic heterocycles. The predicted octanol–water partition coefficient (Wildman–Crippen LogP) is 2.18. The molecule has 0 bridgehead atoms. The molecule has 0 aromatic heterocycles. The molecule has 0 atom stereocenters. The van der Waals surface area contributed by atoms with Crippen molar-refractivity contribution in [2.45, 2.75) is 12.6 Å². The van der Waals surface area contributed by atoms with Crippen LogP contribution in [0.25, 0.3) is 6.08 Å². The number of halogens is 3. The molecule has 92 valence electrons. The lowest BCUT2D eigenvalue weighted by molar-refractivity contribution is -0.137. The number of carbonyl (C=O) groups is 1. The summed E-state index contributed by atoms with van der Waals surface area (Å²) in [5.74, 6) is -0.612. The van der Waals surface area contributed by atoms with E-state index in [1.165, 1.54) is 24.3 Å². The normalized spacial score (nSPS) is 11.9. The van der Waals surface area contributed by atoms with Crippen LogP contribution in [0.15, 0.2) is 24.3 Å². The molecule has 1 aromatic carbocycles. The topological polar surface area (TPSA) is 69.1 Å². The zero-order valence-corrected chi connectivity index (χ0v) is 8.79. The molecule has 1 amide bonds. The van der Waals surface area contributed by atoms with Gasteiger partial charge in [0.15, 0.2) is 0 Å². The number of hydrogen-bond acceptors (Lipinski definition) is 2. The second kappa shape index (κ2) is 4.90. The summed E-state index contributed by atoms with van der Waals surface area (Å²) < 4.78 is 37.8. The quantitative estimate of drug-likeness (QED) is 0.800. The van der Waals surface area contributed by atoms with Gasteiger partial charge in [-0.25, -0.2) is 0 Å². The number of nitrogens with two attached hydrogens (primary N) is 2. The molecule has 1 rings (SSSR count). The average Bonchev–Trinajstić information content (AvgIpc) is 2.15. The zero-order valence-electron chi connectivity index (χ0n) is 8.79. The van der Waals surface area contributed by atoms with Gasteiger partial charge in [-0.15, -0.1) is 0 Å². The Morgan fingerprint density at radius 3 is 2.53 bits per heavy atom. The van der Waals surface area contributed by atoms with Gasteiger partial charge >= 0.3 is 6.18 Å². The molecule has 0 aliphatic carbocycles. The lowest BCUT2D eigenvalue weighted by atomic mass is 10.1. The molecule has 1 aromatic rings. The minimum Gasteiger partial charge on any atom is -0.399 e. The standard InChI is InChI=1S/C11H11F3N2O/c12-11(13,14)9-5-4-8(15)6-7(9)2-1-3-10(16)17/h1-2,4-6H,3,15H2,(H2,16,17). The van der Waals surface area contributed by atoms with E-state index in [2.05, 4.69) is 0 Å². The highest BCUT2D eigenvalue weighted by Gasteiger charge is 2.32. The highest BCUT2D eigenvalue weighted by molar-refractivity contribution is 5.76. The molecular formula is C11H11F3N2O. The molecule has 0 unspecified atom stereocenters. The van der Waals surface area contributed by atoms with Crippen molar-refractivity contribution in [3.63, 3.8) is 0 Å². The van der Waals surface area contributed by atoms with Crippen molar-refractivity contribution in [2.75, 3.05) is 5.73 Å². The number of alkyl halides is 3. The summed E-state index contributed by atoms with van der Waals surface area (Å²) >= 11 is 0. The molecule has 0 saturated carbocycles. The van der Waals surface area contributed by atoms with E-state index in [-0.39, 0.29) is 17.7 Å². The molecule has 17 heavy (non-hydrogen) atoms. The van der Waals surface area contributed by atoms with E-state index in [4.69, 9.17) is 11.5 Å². The highest BCUT2D eigenvalue weighted by Crippen LogP contribution is 2.33. The van der Waals surface area contributed by atoms with Crippen LogP contribution in [0, 0.1) is 0 Å². The maximum absolute atomic E-state index is 12.6. The van der Waals surface area contributed by atoms with Crippen molar-refractivity contribution in [2.24, 2.45) is 5.73 Å². The van der Waals surface area contributed by atoms with Crippen LogP contribution < -0.4 is 11.5 Å². The number of nitrogen functional groups attached to an aromatic ring is 1. The van der Waals surface area contributed by atoms with Gasteiger partial charge in [0.25, 0.3) is 0 Å². The van der Waals surface area contributed by atoms with Gasteiger partial charge in [0.1, 0.15) is 0 Å². The number of amides is 1. The Bertz CT molecular complexity index is 453. The summed E-state index contributed by atoms with van der Waals surface area (Å²) in [6.07, 6.45) is -2.12. The van der Waals surface area contributed by atoms with Crippen LogP contribution in [-0.4, -0.2) is 5.91 Å². The first-order valence-electron chi connectivity index (χ1n) is 4.72. The number of anilines is 1. The summed E-state index contributed by atoms with van der Waals surface area (Å²) in [5, 5.41) is 0. The third-order valence-corrected chi connectivity index (χ3v) is 2.00. The summed E-state index contributed by atoms with van der Waals surface area (Å²) in [5.41, 5.74) is 9.62. The molecule has 3 nitrogen and oxygen atoms in total. The molecule has 4 N–H and O–H groups in total. The van der Waals surface area contributed by atoms with Gasteiger partial charge in [-0.05, 0) is 23.8 Å². The van der Waals surface area contributed by atoms with Gasteiger partial charge in [-0.3, -0.25) is 4.79 Å². The van der Waals surface area contributed by atoms with Gasteiger partial charge in [0, 0.05) is 12.1 Å². The fraction of sp³-hybridized carbons (Fsp3) is 0.182. The third kappa shape index (κ3) is 3.82. The first-order chi connectivity index (χ1) is 7.80. The lowest BCUT2D eigenvalue weighted by Crippen LogP contribution is -2.09. The van der Waals surface area contributed by atoms with Crippen molar-refractivity contribution < 1.29 is 18.0 Å².